The van der Waals surface area contributed by atoms with Gasteiger partial charge in [0, 0.05) is 25.7 Å². The summed E-state index contributed by atoms with van der Waals surface area (Å²) in [7, 11) is 0. The lowest BCUT2D eigenvalue weighted by Gasteiger charge is -2.09. The van der Waals surface area contributed by atoms with Gasteiger partial charge >= 0.3 is 0 Å². The summed E-state index contributed by atoms with van der Waals surface area (Å²) in [4.78, 5) is 1.22. The summed E-state index contributed by atoms with van der Waals surface area (Å²) in [5.74, 6) is 0. The van der Waals surface area contributed by atoms with Crippen LogP contribution in [0.25, 0.3) is 0 Å². The number of nitrogens with one attached hydrogen (secondary N) is 1. The zero-order valence-electron chi connectivity index (χ0n) is 8.14. The third kappa shape index (κ3) is 3.00. The zero-order valence-corrected chi connectivity index (χ0v) is 12.9. The summed E-state index contributed by atoms with van der Waals surface area (Å²) in [6.45, 7) is 0.776. The van der Waals surface area contributed by atoms with Gasteiger partial charge in [-0.15, -0.1) is 11.3 Å². The van der Waals surface area contributed by atoms with E-state index in [2.05, 4.69) is 37.2 Å². The highest BCUT2D eigenvalue weighted by Gasteiger charge is 2.04. The molecule has 0 saturated heterocycles. The van der Waals surface area contributed by atoms with E-state index in [1.165, 1.54) is 4.88 Å². The number of anilines is 1. The van der Waals surface area contributed by atoms with Crippen LogP contribution in [0, 0.1) is 0 Å². The Kier molecular flexibility index (Phi) is 4.30. The van der Waals surface area contributed by atoms with E-state index in [9.17, 15) is 0 Å². The van der Waals surface area contributed by atoms with Gasteiger partial charge in [-0.05, 0) is 50.1 Å². The quantitative estimate of drug-likeness (QED) is 0.736. The number of rotatable bonds is 3. The first-order chi connectivity index (χ1) is 7.66. The van der Waals surface area contributed by atoms with E-state index in [-0.39, 0.29) is 0 Å². The lowest BCUT2D eigenvalue weighted by Crippen LogP contribution is -1.98. The second-order valence-electron chi connectivity index (χ2n) is 3.18. The largest absolute Gasteiger partial charge is 0.378 e. The molecule has 0 aliphatic carbocycles. The van der Waals surface area contributed by atoms with Crippen molar-refractivity contribution in [3.05, 3.63) is 48.5 Å². The van der Waals surface area contributed by atoms with Crippen LogP contribution in [0.4, 0.5) is 5.69 Å². The Balaban J connectivity index is 2.10. The van der Waals surface area contributed by atoms with E-state index < -0.39 is 0 Å². The number of thiophene rings is 1. The molecule has 0 aliphatic heterocycles. The molecule has 0 atom stereocenters. The van der Waals surface area contributed by atoms with Gasteiger partial charge in [-0.1, -0.05) is 17.7 Å². The van der Waals surface area contributed by atoms with Crippen LogP contribution in [0.2, 0.25) is 5.02 Å². The van der Waals surface area contributed by atoms with Crippen molar-refractivity contribution in [3.8, 4) is 0 Å². The van der Waals surface area contributed by atoms with E-state index >= 15 is 0 Å². The molecule has 0 radical (unpaired) electrons. The molecule has 1 heterocycles. The Bertz CT molecular complexity index is 478. The first kappa shape index (κ1) is 12.4. The molecule has 0 amide bonds. The molecule has 2 aromatic rings. The SMILES string of the molecule is Clc1csc(CNc2c(Br)cccc2Br)c1. The van der Waals surface area contributed by atoms with Crippen molar-refractivity contribution in [2.45, 2.75) is 6.54 Å². The van der Waals surface area contributed by atoms with Crippen LogP contribution in [0.3, 0.4) is 0 Å². The highest BCUT2D eigenvalue weighted by molar-refractivity contribution is 9.11. The summed E-state index contributed by atoms with van der Waals surface area (Å²) in [5.41, 5.74) is 1.06. The number of halogens is 3. The molecule has 5 heteroatoms. The molecule has 0 fully saturated rings. The van der Waals surface area contributed by atoms with Gasteiger partial charge in [-0.25, -0.2) is 0 Å². The molecule has 1 N–H and O–H groups in total. The second-order valence-corrected chi connectivity index (χ2v) is 6.32. The third-order valence-corrected chi connectivity index (χ3v) is 4.63. The first-order valence-corrected chi connectivity index (χ1v) is 7.42. The Morgan fingerprint density at radius 2 is 1.94 bits per heavy atom. The molecule has 1 aromatic carbocycles. The predicted octanol–water partition coefficient (Wildman–Crippen LogP) is 5.54. The van der Waals surface area contributed by atoms with Gasteiger partial charge in [0.2, 0.25) is 0 Å². The molecule has 84 valence electrons. The molecule has 1 aromatic heterocycles. The monoisotopic (exact) mass is 379 g/mol. The zero-order chi connectivity index (χ0) is 11.5. The molecule has 0 unspecified atom stereocenters. The number of para-hydroxylation sites is 1. The fourth-order valence-corrected chi connectivity index (χ4v) is 3.58. The Morgan fingerprint density at radius 3 is 2.50 bits per heavy atom. The third-order valence-electron chi connectivity index (χ3n) is 2.02. The minimum atomic E-state index is 0.776. The number of hydrogen-bond donors (Lipinski definition) is 1. The minimum Gasteiger partial charge on any atom is -0.378 e. The lowest BCUT2D eigenvalue weighted by molar-refractivity contribution is 1.18. The van der Waals surface area contributed by atoms with Crippen LogP contribution in [-0.2, 0) is 6.54 Å². The Labute approximate surface area is 120 Å². The van der Waals surface area contributed by atoms with Gasteiger partial charge in [0.05, 0.1) is 10.7 Å². The average molecular weight is 382 g/mol. The minimum absolute atomic E-state index is 0.776. The fraction of sp³-hybridized carbons (Fsp3) is 0.0909. The second kappa shape index (κ2) is 5.54. The summed E-state index contributed by atoms with van der Waals surface area (Å²) in [6.07, 6.45) is 0. The Morgan fingerprint density at radius 1 is 1.25 bits per heavy atom. The fourth-order valence-electron chi connectivity index (χ4n) is 1.29. The van der Waals surface area contributed by atoms with Gasteiger partial charge in [-0.2, -0.15) is 0 Å². The molecule has 0 saturated carbocycles. The molecular formula is C11H8Br2ClNS. The maximum Gasteiger partial charge on any atom is 0.0631 e. The smallest absolute Gasteiger partial charge is 0.0631 e. The van der Waals surface area contributed by atoms with Crippen molar-refractivity contribution in [1.82, 2.24) is 0 Å². The van der Waals surface area contributed by atoms with Gasteiger partial charge < -0.3 is 5.32 Å². The normalized spacial score (nSPS) is 10.4. The van der Waals surface area contributed by atoms with Crippen LogP contribution in [0.15, 0.2) is 38.6 Å². The summed E-state index contributed by atoms with van der Waals surface area (Å²) < 4.78 is 2.09. The highest BCUT2D eigenvalue weighted by atomic mass is 79.9. The molecular weight excluding hydrogens is 373 g/mol. The molecule has 16 heavy (non-hydrogen) atoms. The van der Waals surface area contributed by atoms with Crippen molar-refractivity contribution >= 4 is 60.5 Å². The van der Waals surface area contributed by atoms with E-state index in [0.29, 0.717) is 0 Å². The average Bonchev–Trinajstić information content (AvgIpc) is 2.63. The van der Waals surface area contributed by atoms with E-state index in [0.717, 1.165) is 26.2 Å². The van der Waals surface area contributed by atoms with Crippen LogP contribution in [0.5, 0.6) is 0 Å². The van der Waals surface area contributed by atoms with Crippen molar-refractivity contribution in [3.63, 3.8) is 0 Å². The predicted molar refractivity (Wildman–Crippen MR) is 78.5 cm³/mol. The van der Waals surface area contributed by atoms with Crippen LogP contribution < -0.4 is 5.32 Å². The highest BCUT2D eigenvalue weighted by Crippen LogP contribution is 2.31. The van der Waals surface area contributed by atoms with Crippen LogP contribution in [0.1, 0.15) is 4.88 Å². The van der Waals surface area contributed by atoms with Crippen molar-refractivity contribution in [1.29, 1.82) is 0 Å². The van der Waals surface area contributed by atoms with E-state index in [1.54, 1.807) is 11.3 Å². The summed E-state index contributed by atoms with van der Waals surface area (Å²) in [6, 6.07) is 7.98. The number of hydrogen-bond acceptors (Lipinski definition) is 2. The molecule has 1 nitrogen and oxygen atoms in total. The first-order valence-electron chi connectivity index (χ1n) is 4.57. The Hall–Kier alpha value is -0.0300. The van der Waals surface area contributed by atoms with Gasteiger partial charge in [0.1, 0.15) is 0 Å². The number of benzene rings is 1. The van der Waals surface area contributed by atoms with Gasteiger partial charge in [0.15, 0.2) is 0 Å². The van der Waals surface area contributed by atoms with Gasteiger partial charge in [0.25, 0.3) is 0 Å². The molecule has 0 spiro atoms. The van der Waals surface area contributed by atoms with E-state index in [1.807, 2.05) is 29.6 Å². The topological polar surface area (TPSA) is 12.0 Å². The molecule has 0 bridgehead atoms. The summed E-state index contributed by atoms with van der Waals surface area (Å²) >= 11 is 14.5. The van der Waals surface area contributed by atoms with Crippen molar-refractivity contribution in [2.24, 2.45) is 0 Å². The molecule has 2 rings (SSSR count). The summed E-state index contributed by atoms with van der Waals surface area (Å²) in [5, 5.41) is 6.11. The maximum atomic E-state index is 5.87. The lowest BCUT2D eigenvalue weighted by atomic mass is 10.3. The van der Waals surface area contributed by atoms with E-state index in [4.69, 9.17) is 11.6 Å². The van der Waals surface area contributed by atoms with Crippen molar-refractivity contribution < 1.29 is 0 Å². The van der Waals surface area contributed by atoms with Crippen LogP contribution in [-0.4, -0.2) is 0 Å². The van der Waals surface area contributed by atoms with Crippen molar-refractivity contribution in [2.75, 3.05) is 5.32 Å². The molecule has 0 aliphatic rings. The maximum absolute atomic E-state index is 5.87. The van der Waals surface area contributed by atoms with Gasteiger partial charge in [-0.3, -0.25) is 0 Å². The van der Waals surface area contributed by atoms with Crippen LogP contribution >= 0.6 is 54.8 Å². The standard InChI is InChI=1S/C11H8Br2ClNS/c12-9-2-1-3-10(13)11(9)15-5-8-4-7(14)6-16-8/h1-4,6,15H,5H2.